The third kappa shape index (κ3) is 4.81. The number of carbonyl (C=O) groups is 1. The SMILES string of the molecule is CN=C(NC(=O)C(C)(C)C(c1ccccc1)c1ccc(OC)c(C)c1)SC=N. The van der Waals surface area contributed by atoms with Gasteiger partial charge >= 0.3 is 0 Å². The second kappa shape index (κ2) is 9.55. The predicted octanol–water partition coefficient (Wildman–Crippen LogP) is 4.60. The van der Waals surface area contributed by atoms with Crippen molar-refractivity contribution >= 4 is 28.4 Å². The summed E-state index contributed by atoms with van der Waals surface area (Å²) in [7, 11) is 3.25. The van der Waals surface area contributed by atoms with Gasteiger partial charge in [-0.3, -0.25) is 9.79 Å². The first kappa shape index (κ1) is 21.7. The molecule has 2 rings (SSSR count). The van der Waals surface area contributed by atoms with Gasteiger partial charge in [0.15, 0.2) is 5.17 Å². The number of ether oxygens (including phenoxy) is 1. The summed E-state index contributed by atoms with van der Waals surface area (Å²) in [5, 5.41) is 10.5. The van der Waals surface area contributed by atoms with Crippen LogP contribution in [0.1, 0.15) is 36.5 Å². The molecule has 0 heterocycles. The van der Waals surface area contributed by atoms with Crippen LogP contribution < -0.4 is 10.1 Å². The number of methoxy groups -OCH3 is 1. The Morgan fingerprint density at radius 2 is 1.89 bits per heavy atom. The summed E-state index contributed by atoms with van der Waals surface area (Å²) in [5.74, 6) is 0.506. The summed E-state index contributed by atoms with van der Waals surface area (Å²) in [5.41, 5.74) is 3.51. The number of amidine groups is 1. The Bertz CT molecular complexity index is 863. The monoisotopic (exact) mass is 397 g/mol. The van der Waals surface area contributed by atoms with Crippen LogP contribution in [0.25, 0.3) is 0 Å². The van der Waals surface area contributed by atoms with E-state index in [-0.39, 0.29) is 11.8 Å². The van der Waals surface area contributed by atoms with Gasteiger partial charge in [0.2, 0.25) is 5.91 Å². The van der Waals surface area contributed by atoms with Gasteiger partial charge in [-0.1, -0.05) is 56.3 Å². The van der Waals surface area contributed by atoms with E-state index in [2.05, 4.69) is 16.4 Å². The van der Waals surface area contributed by atoms with Gasteiger partial charge in [0.25, 0.3) is 0 Å². The number of carbonyl (C=O) groups excluding carboxylic acids is 1. The van der Waals surface area contributed by atoms with Crippen molar-refractivity contribution in [2.24, 2.45) is 10.4 Å². The minimum Gasteiger partial charge on any atom is -0.496 e. The Hall–Kier alpha value is -2.60. The number of aryl methyl sites for hydroxylation is 1. The lowest BCUT2D eigenvalue weighted by Gasteiger charge is -2.34. The third-order valence-corrected chi connectivity index (χ3v) is 5.41. The lowest BCUT2D eigenvalue weighted by atomic mass is 9.70. The second-order valence-electron chi connectivity index (χ2n) is 7.01. The molecule has 0 aliphatic heterocycles. The molecule has 0 aliphatic rings. The van der Waals surface area contributed by atoms with Gasteiger partial charge in [0, 0.05) is 13.0 Å². The third-order valence-electron chi connectivity index (χ3n) is 4.79. The maximum absolute atomic E-state index is 13.2. The van der Waals surface area contributed by atoms with Gasteiger partial charge in [-0.15, -0.1) is 0 Å². The average molecular weight is 398 g/mol. The summed E-state index contributed by atoms with van der Waals surface area (Å²) >= 11 is 1.07. The molecular weight excluding hydrogens is 370 g/mol. The molecule has 0 aliphatic carbocycles. The van der Waals surface area contributed by atoms with Crippen LogP contribution >= 0.6 is 11.8 Å². The number of hydrogen-bond donors (Lipinski definition) is 2. The lowest BCUT2D eigenvalue weighted by Crippen LogP contribution is -2.43. The van der Waals surface area contributed by atoms with Crippen molar-refractivity contribution in [3.63, 3.8) is 0 Å². The van der Waals surface area contributed by atoms with Crippen LogP contribution in [0.2, 0.25) is 0 Å². The molecule has 28 heavy (non-hydrogen) atoms. The molecular formula is C22H27N3O2S. The normalized spacial score (nSPS) is 13.0. The van der Waals surface area contributed by atoms with Gasteiger partial charge in [0.05, 0.1) is 18.1 Å². The van der Waals surface area contributed by atoms with Crippen molar-refractivity contribution in [2.75, 3.05) is 14.2 Å². The molecule has 0 saturated heterocycles. The molecule has 2 N–H and O–H groups in total. The quantitative estimate of drug-likeness (QED) is 0.552. The molecule has 0 aromatic heterocycles. The number of nitrogens with zero attached hydrogens (tertiary/aromatic N) is 1. The van der Waals surface area contributed by atoms with Crippen molar-refractivity contribution in [1.29, 1.82) is 5.41 Å². The van der Waals surface area contributed by atoms with E-state index in [1.807, 2.05) is 63.2 Å². The Morgan fingerprint density at radius 3 is 2.43 bits per heavy atom. The standard InChI is InChI=1S/C22H27N3O2S/c1-15-13-17(11-12-18(15)27-5)19(16-9-7-6-8-10-16)22(2,3)20(26)25-21(24-4)28-14-23/h6-14,19,23H,1-5H3,(H,24,25,26). The van der Waals surface area contributed by atoms with Crippen LogP contribution in [0.3, 0.4) is 0 Å². The van der Waals surface area contributed by atoms with E-state index in [1.165, 1.54) is 0 Å². The van der Waals surface area contributed by atoms with Crippen LogP contribution in [0.5, 0.6) is 5.75 Å². The second-order valence-corrected chi connectivity index (χ2v) is 7.87. The van der Waals surface area contributed by atoms with E-state index in [9.17, 15) is 4.79 Å². The Balaban J connectivity index is 2.50. The van der Waals surface area contributed by atoms with Gasteiger partial charge in [-0.05, 0) is 41.4 Å². The van der Waals surface area contributed by atoms with E-state index in [1.54, 1.807) is 14.2 Å². The molecule has 2 aromatic carbocycles. The lowest BCUT2D eigenvalue weighted by molar-refractivity contribution is -0.128. The van der Waals surface area contributed by atoms with Crippen LogP contribution in [-0.2, 0) is 4.79 Å². The first-order chi connectivity index (χ1) is 13.3. The van der Waals surface area contributed by atoms with E-state index in [0.717, 1.165) is 39.7 Å². The summed E-state index contributed by atoms with van der Waals surface area (Å²) in [6, 6.07) is 16.0. The zero-order valence-corrected chi connectivity index (χ0v) is 17.8. The molecule has 6 heteroatoms. The van der Waals surface area contributed by atoms with Crippen molar-refractivity contribution in [1.82, 2.24) is 5.32 Å². The van der Waals surface area contributed by atoms with Crippen molar-refractivity contribution < 1.29 is 9.53 Å². The molecule has 1 amide bonds. The summed E-state index contributed by atoms with van der Waals surface area (Å²) < 4.78 is 5.39. The number of nitrogens with one attached hydrogen (secondary N) is 2. The fourth-order valence-electron chi connectivity index (χ4n) is 3.34. The number of benzene rings is 2. The highest BCUT2D eigenvalue weighted by Gasteiger charge is 2.39. The molecule has 0 bridgehead atoms. The van der Waals surface area contributed by atoms with Crippen molar-refractivity contribution in [2.45, 2.75) is 26.7 Å². The smallest absolute Gasteiger partial charge is 0.232 e. The van der Waals surface area contributed by atoms with Gasteiger partial charge in [0.1, 0.15) is 5.75 Å². The number of rotatable bonds is 6. The molecule has 0 fully saturated rings. The molecule has 1 unspecified atom stereocenters. The minimum atomic E-state index is -0.763. The van der Waals surface area contributed by atoms with Crippen molar-refractivity contribution in [3.8, 4) is 5.75 Å². The molecule has 0 saturated carbocycles. The van der Waals surface area contributed by atoms with Crippen LogP contribution in [0.15, 0.2) is 53.5 Å². The van der Waals surface area contributed by atoms with Gasteiger partial charge in [-0.2, -0.15) is 0 Å². The number of amides is 1. The highest BCUT2D eigenvalue weighted by Crippen LogP contribution is 2.42. The molecule has 1 atom stereocenters. The fourth-order valence-corrected chi connectivity index (χ4v) is 3.70. The fraction of sp³-hybridized carbons (Fsp3) is 0.318. The first-order valence-corrected chi connectivity index (χ1v) is 9.86. The highest BCUT2D eigenvalue weighted by atomic mass is 32.2. The molecule has 2 aromatic rings. The zero-order valence-electron chi connectivity index (χ0n) is 16.9. The number of thioether (sulfide) groups is 1. The van der Waals surface area contributed by atoms with E-state index >= 15 is 0 Å². The first-order valence-electron chi connectivity index (χ1n) is 8.98. The molecule has 0 spiro atoms. The summed E-state index contributed by atoms with van der Waals surface area (Å²) in [6.45, 7) is 5.86. The van der Waals surface area contributed by atoms with Gasteiger partial charge < -0.3 is 15.5 Å². The summed E-state index contributed by atoms with van der Waals surface area (Å²) in [6.07, 6.45) is 0. The number of hydrogen-bond acceptors (Lipinski definition) is 5. The van der Waals surface area contributed by atoms with E-state index in [0.29, 0.717) is 5.17 Å². The maximum Gasteiger partial charge on any atom is 0.232 e. The molecule has 0 radical (unpaired) electrons. The van der Waals surface area contributed by atoms with E-state index in [4.69, 9.17) is 10.1 Å². The summed E-state index contributed by atoms with van der Waals surface area (Å²) in [4.78, 5) is 17.3. The topological polar surface area (TPSA) is 74.5 Å². The molecule has 5 nitrogen and oxygen atoms in total. The zero-order chi connectivity index (χ0) is 20.7. The highest BCUT2D eigenvalue weighted by molar-refractivity contribution is 8.24. The van der Waals surface area contributed by atoms with Crippen LogP contribution in [0.4, 0.5) is 0 Å². The minimum absolute atomic E-state index is 0.148. The van der Waals surface area contributed by atoms with Crippen LogP contribution in [0, 0.1) is 17.7 Å². The van der Waals surface area contributed by atoms with Crippen molar-refractivity contribution in [3.05, 3.63) is 65.2 Å². The largest absolute Gasteiger partial charge is 0.496 e. The number of aliphatic imine (C=N–C) groups is 1. The Morgan fingerprint density at radius 1 is 1.21 bits per heavy atom. The van der Waals surface area contributed by atoms with Crippen LogP contribution in [-0.4, -0.2) is 30.8 Å². The predicted molar refractivity (Wildman–Crippen MR) is 118 cm³/mol. The Kier molecular flexibility index (Phi) is 7.40. The Labute approximate surface area is 171 Å². The van der Waals surface area contributed by atoms with E-state index < -0.39 is 5.41 Å². The van der Waals surface area contributed by atoms with Gasteiger partial charge in [-0.25, -0.2) is 0 Å². The average Bonchev–Trinajstić information content (AvgIpc) is 2.68. The molecule has 148 valence electrons. The maximum atomic E-state index is 13.2.